The van der Waals surface area contributed by atoms with E-state index >= 15 is 0 Å². The van der Waals surface area contributed by atoms with Crippen molar-refractivity contribution in [1.82, 2.24) is 15.1 Å². The van der Waals surface area contributed by atoms with Crippen LogP contribution >= 0.6 is 0 Å². The van der Waals surface area contributed by atoms with Crippen LogP contribution < -0.4 is 20.9 Å². The summed E-state index contributed by atoms with van der Waals surface area (Å²) in [6.07, 6.45) is 3.26. The summed E-state index contributed by atoms with van der Waals surface area (Å²) >= 11 is 0. The zero-order chi connectivity index (χ0) is 15.5. The topological polar surface area (TPSA) is 91.3 Å². The smallest absolute Gasteiger partial charge is 0.323 e. The first-order valence-electron chi connectivity index (χ1n) is 6.84. The van der Waals surface area contributed by atoms with Gasteiger partial charge in [0, 0.05) is 37.7 Å². The normalized spacial score (nSPS) is 13.9. The van der Waals surface area contributed by atoms with Gasteiger partial charge in [-0.15, -0.1) is 0 Å². The lowest BCUT2D eigenvalue weighted by atomic mass is 10.2. The predicted octanol–water partition coefficient (Wildman–Crippen LogP) is 1.59. The Hall–Kier alpha value is -3.03. The first-order valence-corrected chi connectivity index (χ1v) is 6.84. The molecule has 1 fully saturated rings. The number of hydrogen-bond acceptors (Lipinski definition) is 3. The highest BCUT2D eigenvalue weighted by Gasteiger charge is 2.21. The third-order valence-electron chi connectivity index (χ3n) is 3.24. The molecular weight excluding hydrogens is 284 g/mol. The quantitative estimate of drug-likeness (QED) is 0.804. The molecule has 3 N–H and O–H groups in total. The van der Waals surface area contributed by atoms with Crippen molar-refractivity contribution in [3.05, 3.63) is 36.7 Å². The van der Waals surface area contributed by atoms with E-state index in [4.69, 9.17) is 0 Å². The summed E-state index contributed by atoms with van der Waals surface area (Å²) < 4.78 is 1.60. The van der Waals surface area contributed by atoms with E-state index in [0.29, 0.717) is 24.5 Å². The van der Waals surface area contributed by atoms with Crippen LogP contribution in [-0.4, -0.2) is 34.9 Å². The van der Waals surface area contributed by atoms with Crippen LogP contribution in [0.5, 0.6) is 0 Å². The molecular formula is C14H16N6O2. The van der Waals surface area contributed by atoms with Crippen LogP contribution in [0.2, 0.25) is 0 Å². The number of carbonyl (C=O) groups is 2. The minimum absolute atomic E-state index is 0.128. The standard InChI is InChI=1S/C14H16N6O2/c1-19-9-11(8-16-19)18-13(21)17-10-3-2-4-12(7-10)20-6-5-15-14(20)22/h2-4,7-9H,5-6H2,1H3,(H,15,22)(H2,17,18,21). The van der Waals surface area contributed by atoms with Crippen molar-refractivity contribution in [3.8, 4) is 0 Å². The molecule has 3 rings (SSSR count). The van der Waals surface area contributed by atoms with E-state index in [1.807, 2.05) is 6.07 Å². The molecule has 1 aromatic heterocycles. The number of amides is 4. The summed E-state index contributed by atoms with van der Waals surface area (Å²) in [6.45, 7) is 1.24. The number of aromatic nitrogens is 2. The lowest BCUT2D eigenvalue weighted by molar-refractivity contribution is 0.252. The number of aryl methyl sites for hydroxylation is 1. The summed E-state index contributed by atoms with van der Waals surface area (Å²) in [6, 6.07) is 6.65. The van der Waals surface area contributed by atoms with Crippen molar-refractivity contribution in [1.29, 1.82) is 0 Å². The first-order chi connectivity index (χ1) is 10.6. The van der Waals surface area contributed by atoms with Crippen molar-refractivity contribution in [2.75, 3.05) is 28.6 Å². The van der Waals surface area contributed by atoms with Gasteiger partial charge >= 0.3 is 12.1 Å². The lowest BCUT2D eigenvalue weighted by Gasteiger charge is -2.15. The van der Waals surface area contributed by atoms with Crippen LogP contribution in [0.15, 0.2) is 36.7 Å². The zero-order valence-corrected chi connectivity index (χ0v) is 12.0. The van der Waals surface area contributed by atoms with Crippen molar-refractivity contribution >= 4 is 29.1 Å². The van der Waals surface area contributed by atoms with Crippen LogP contribution in [0.25, 0.3) is 0 Å². The van der Waals surface area contributed by atoms with Crippen LogP contribution in [0.3, 0.4) is 0 Å². The monoisotopic (exact) mass is 300 g/mol. The summed E-state index contributed by atoms with van der Waals surface area (Å²) in [5.74, 6) is 0. The van der Waals surface area contributed by atoms with Gasteiger partial charge in [0.2, 0.25) is 0 Å². The molecule has 114 valence electrons. The molecule has 2 heterocycles. The second kappa shape index (κ2) is 5.76. The first kappa shape index (κ1) is 13.9. The van der Waals surface area contributed by atoms with Gasteiger partial charge < -0.3 is 16.0 Å². The average Bonchev–Trinajstić information content (AvgIpc) is 3.07. The highest BCUT2D eigenvalue weighted by atomic mass is 16.2. The molecule has 1 aliphatic heterocycles. The minimum Gasteiger partial charge on any atom is -0.336 e. The Morgan fingerprint density at radius 3 is 2.82 bits per heavy atom. The van der Waals surface area contributed by atoms with E-state index in [1.165, 1.54) is 0 Å². The molecule has 0 aliphatic carbocycles. The van der Waals surface area contributed by atoms with E-state index in [-0.39, 0.29) is 12.1 Å². The van der Waals surface area contributed by atoms with Crippen LogP contribution in [-0.2, 0) is 7.05 Å². The molecule has 22 heavy (non-hydrogen) atoms. The van der Waals surface area contributed by atoms with Gasteiger partial charge in [0.05, 0.1) is 11.9 Å². The Morgan fingerprint density at radius 2 is 2.14 bits per heavy atom. The maximum atomic E-state index is 11.9. The number of nitrogens with one attached hydrogen (secondary N) is 3. The Balaban J connectivity index is 1.67. The highest BCUT2D eigenvalue weighted by molar-refractivity contribution is 6.00. The predicted molar refractivity (Wildman–Crippen MR) is 83.0 cm³/mol. The van der Waals surface area contributed by atoms with Crippen LogP contribution in [0, 0.1) is 0 Å². The molecule has 8 nitrogen and oxygen atoms in total. The summed E-state index contributed by atoms with van der Waals surface area (Å²) in [4.78, 5) is 25.2. The van der Waals surface area contributed by atoms with E-state index in [9.17, 15) is 9.59 Å². The number of carbonyl (C=O) groups excluding carboxylic acids is 2. The summed E-state index contributed by atoms with van der Waals surface area (Å²) in [5, 5.41) is 12.1. The van der Waals surface area contributed by atoms with Crippen molar-refractivity contribution in [2.45, 2.75) is 0 Å². The number of hydrogen-bond donors (Lipinski definition) is 3. The number of urea groups is 2. The van der Waals surface area contributed by atoms with Gasteiger partial charge in [0.1, 0.15) is 0 Å². The Bertz CT molecular complexity index is 711. The van der Waals surface area contributed by atoms with Gasteiger partial charge in [-0.05, 0) is 18.2 Å². The molecule has 1 aliphatic rings. The molecule has 4 amide bonds. The molecule has 0 atom stereocenters. The van der Waals surface area contributed by atoms with Gasteiger partial charge in [-0.3, -0.25) is 9.58 Å². The van der Waals surface area contributed by atoms with Gasteiger partial charge in [0.25, 0.3) is 0 Å². The maximum Gasteiger partial charge on any atom is 0.323 e. The molecule has 0 unspecified atom stereocenters. The van der Waals surface area contributed by atoms with E-state index < -0.39 is 0 Å². The van der Waals surface area contributed by atoms with Gasteiger partial charge in [-0.1, -0.05) is 6.07 Å². The van der Waals surface area contributed by atoms with Crippen molar-refractivity contribution in [2.24, 2.45) is 7.05 Å². The SMILES string of the molecule is Cn1cc(NC(=O)Nc2cccc(N3CCNC3=O)c2)cn1. The van der Waals surface area contributed by atoms with Crippen LogP contribution in [0.1, 0.15) is 0 Å². The van der Waals surface area contributed by atoms with Crippen LogP contribution in [0.4, 0.5) is 26.7 Å². The number of nitrogens with zero attached hydrogens (tertiary/aromatic N) is 3. The largest absolute Gasteiger partial charge is 0.336 e. The minimum atomic E-state index is -0.365. The molecule has 0 spiro atoms. The van der Waals surface area contributed by atoms with Gasteiger partial charge in [-0.25, -0.2) is 9.59 Å². The Labute approximate surface area is 127 Å². The molecule has 0 saturated carbocycles. The average molecular weight is 300 g/mol. The maximum absolute atomic E-state index is 11.9. The zero-order valence-electron chi connectivity index (χ0n) is 12.0. The van der Waals surface area contributed by atoms with E-state index in [0.717, 1.165) is 5.69 Å². The Kier molecular flexibility index (Phi) is 3.65. The third kappa shape index (κ3) is 3.00. The lowest BCUT2D eigenvalue weighted by Crippen LogP contribution is -2.27. The fourth-order valence-corrected chi connectivity index (χ4v) is 2.25. The molecule has 1 saturated heterocycles. The molecule has 0 radical (unpaired) electrons. The molecule has 8 heteroatoms. The van der Waals surface area contributed by atoms with Gasteiger partial charge in [0.15, 0.2) is 0 Å². The fraction of sp³-hybridized carbons (Fsp3) is 0.214. The number of benzene rings is 1. The van der Waals surface area contributed by atoms with Crippen molar-refractivity contribution < 1.29 is 9.59 Å². The van der Waals surface area contributed by atoms with E-state index in [2.05, 4.69) is 21.0 Å². The third-order valence-corrected chi connectivity index (χ3v) is 3.24. The number of anilines is 3. The second-order valence-corrected chi connectivity index (χ2v) is 4.92. The molecule has 0 bridgehead atoms. The summed E-state index contributed by atoms with van der Waals surface area (Å²) in [5.41, 5.74) is 1.96. The number of rotatable bonds is 3. The molecule has 1 aromatic carbocycles. The summed E-state index contributed by atoms with van der Waals surface area (Å²) in [7, 11) is 1.77. The second-order valence-electron chi connectivity index (χ2n) is 4.92. The van der Waals surface area contributed by atoms with E-state index in [1.54, 1.807) is 47.2 Å². The van der Waals surface area contributed by atoms with Crippen molar-refractivity contribution in [3.63, 3.8) is 0 Å². The van der Waals surface area contributed by atoms with Gasteiger partial charge in [-0.2, -0.15) is 5.10 Å². The highest BCUT2D eigenvalue weighted by Crippen LogP contribution is 2.21. The molecule has 2 aromatic rings. The fourth-order valence-electron chi connectivity index (χ4n) is 2.25. The Morgan fingerprint density at radius 1 is 1.32 bits per heavy atom.